The fourth-order valence-electron chi connectivity index (χ4n) is 2.82. The number of amides is 2. The highest BCUT2D eigenvalue weighted by atomic mass is 35.5. The highest BCUT2D eigenvalue weighted by Crippen LogP contribution is 2.29. The van der Waals surface area contributed by atoms with Gasteiger partial charge in [0.2, 0.25) is 5.91 Å². The Kier molecular flexibility index (Phi) is 6.69. The van der Waals surface area contributed by atoms with Crippen LogP contribution < -0.4 is 0 Å². The first-order chi connectivity index (χ1) is 13.7. The van der Waals surface area contributed by atoms with Crippen LogP contribution >= 0.6 is 23.4 Å². The smallest absolute Gasteiger partial charge is 0.338 e. The van der Waals surface area contributed by atoms with Gasteiger partial charge in [0.15, 0.2) is 0 Å². The van der Waals surface area contributed by atoms with E-state index in [2.05, 4.69) is 4.98 Å². The van der Waals surface area contributed by atoms with Crippen molar-refractivity contribution < 1.29 is 22.8 Å². The molecule has 3 rings (SSSR count). The molecular formula is C19H17ClF3N3O2S. The quantitative estimate of drug-likeness (QED) is 0.674. The monoisotopic (exact) mass is 443 g/mol. The molecule has 1 aromatic carbocycles. The highest BCUT2D eigenvalue weighted by molar-refractivity contribution is 7.99. The van der Waals surface area contributed by atoms with Crippen molar-refractivity contribution in [2.24, 2.45) is 0 Å². The number of alkyl halides is 3. The van der Waals surface area contributed by atoms with Gasteiger partial charge in [0.05, 0.1) is 16.3 Å². The molecule has 10 heteroatoms. The molecule has 1 aliphatic rings. The third-order valence-electron chi connectivity index (χ3n) is 4.40. The Balaban J connectivity index is 1.48. The van der Waals surface area contributed by atoms with Gasteiger partial charge in [0, 0.05) is 43.0 Å². The van der Waals surface area contributed by atoms with Crippen LogP contribution in [0.15, 0.2) is 47.6 Å². The van der Waals surface area contributed by atoms with Crippen molar-refractivity contribution in [2.45, 2.75) is 11.2 Å². The molecule has 0 radical (unpaired) electrons. The molecule has 0 unspecified atom stereocenters. The summed E-state index contributed by atoms with van der Waals surface area (Å²) in [5.41, 5.74) is -0.324. The summed E-state index contributed by atoms with van der Waals surface area (Å²) in [6.45, 7) is 1.60. The van der Waals surface area contributed by atoms with Gasteiger partial charge in [-0.05, 0) is 30.3 Å². The van der Waals surface area contributed by atoms with Crippen molar-refractivity contribution in [1.29, 1.82) is 0 Å². The van der Waals surface area contributed by atoms with Gasteiger partial charge >= 0.3 is 6.18 Å². The average molecular weight is 444 g/mol. The predicted molar refractivity (Wildman–Crippen MR) is 104 cm³/mol. The summed E-state index contributed by atoms with van der Waals surface area (Å²) in [4.78, 5) is 31.9. The summed E-state index contributed by atoms with van der Waals surface area (Å²) in [5, 5.41) is 0.833. The lowest BCUT2D eigenvalue weighted by molar-refractivity contribution is -0.138. The number of aromatic nitrogens is 1. The first kappa shape index (κ1) is 21.4. The van der Waals surface area contributed by atoms with E-state index in [9.17, 15) is 22.8 Å². The molecular weight excluding hydrogens is 427 g/mol. The molecule has 154 valence electrons. The van der Waals surface area contributed by atoms with Crippen LogP contribution in [0.5, 0.6) is 0 Å². The molecule has 5 nitrogen and oxygen atoms in total. The minimum absolute atomic E-state index is 0.0700. The van der Waals surface area contributed by atoms with Crippen LogP contribution in [0.25, 0.3) is 0 Å². The lowest BCUT2D eigenvalue weighted by Gasteiger charge is -2.34. The normalized spacial score (nSPS) is 14.8. The van der Waals surface area contributed by atoms with Gasteiger partial charge in [-0.15, -0.1) is 0 Å². The van der Waals surface area contributed by atoms with E-state index in [4.69, 9.17) is 11.6 Å². The maximum Gasteiger partial charge on any atom is 0.417 e. The molecule has 2 amide bonds. The molecule has 0 atom stereocenters. The van der Waals surface area contributed by atoms with Crippen molar-refractivity contribution in [1.82, 2.24) is 14.8 Å². The maximum atomic E-state index is 12.6. The van der Waals surface area contributed by atoms with Crippen molar-refractivity contribution in [3.05, 3.63) is 58.7 Å². The van der Waals surface area contributed by atoms with Gasteiger partial charge in [-0.2, -0.15) is 13.2 Å². The summed E-state index contributed by atoms with van der Waals surface area (Å²) in [7, 11) is 0. The summed E-state index contributed by atoms with van der Waals surface area (Å²) >= 11 is 7.00. The topological polar surface area (TPSA) is 53.5 Å². The van der Waals surface area contributed by atoms with Crippen molar-refractivity contribution >= 4 is 35.2 Å². The molecule has 1 fully saturated rings. The molecule has 2 heterocycles. The zero-order chi connectivity index (χ0) is 21.0. The third-order valence-corrected chi connectivity index (χ3v) is 5.56. The number of halogens is 4. The second-order valence-corrected chi connectivity index (χ2v) is 7.79. The first-order valence-corrected chi connectivity index (χ1v) is 10.1. The summed E-state index contributed by atoms with van der Waals surface area (Å²) in [6.07, 6.45) is -3.68. The van der Waals surface area contributed by atoms with Gasteiger partial charge in [0.25, 0.3) is 5.91 Å². The number of pyridine rings is 1. The number of hydrogen-bond donors (Lipinski definition) is 0. The largest absolute Gasteiger partial charge is 0.417 e. The van der Waals surface area contributed by atoms with Crippen LogP contribution in [0.4, 0.5) is 13.2 Å². The van der Waals surface area contributed by atoms with Crippen molar-refractivity contribution in [3.8, 4) is 0 Å². The number of piperazine rings is 1. The summed E-state index contributed by atoms with van der Waals surface area (Å²) < 4.78 is 37.7. The minimum Gasteiger partial charge on any atom is -0.338 e. The zero-order valence-corrected chi connectivity index (χ0v) is 16.7. The molecule has 1 aliphatic heterocycles. The van der Waals surface area contributed by atoms with Crippen LogP contribution in [-0.4, -0.2) is 58.5 Å². The molecule has 0 spiro atoms. The van der Waals surface area contributed by atoms with Crippen LogP contribution in [0.1, 0.15) is 15.9 Å². The number of carbonyl (C=O) groups excluding carboxylic acids is 2. The molecule has 0 saturated carbocycles. The number of hydrogen-bond acceptors (Lipinski definition) is 4. The van der Waals surface area contributed by atoms with E-state index < -0.39 is 11.7 Å². The SMILES string of the molecule is O=C(CSc1ccc(C(F)(F)F)cn1)N1CCN(C(=O)c2cccc(Cl)c2)CC1. The van der Waals surface area contributed by atoms with E-state index in [1.165, 1.54) is 6.07 Å². The Morgan fingerprint density at radius 2 is 1.76 bits per heavy atom. The fourth-order valence-corrected chi connectivity index (χ4v) is 3.76. The number of benzene rings is 1. The van der Waals surface area contributed by atoms with Crippen molar-refractivity contribution in [2.75, 3.05) is 31.9 Å². The Hall–Kier alpha value is -2.26. The molecule has 0 aliphatic carbocycles. The molecule has 29 heavy (non-hydrogen) atoms. The van der Waals surface area contributed by atoms with E-state index in [0.717, 1.165) is 24.0 Å². The minimum atomic E-state index is -4.44. The zero-order valence-electron chi connectivity index (χ0n) is 15.2. The van der Waals surface area contributed by atoms with Gasteiger partial charge in [-0.25, -0.2) is 4.98 Å². The lowest BCUT2D eigenvalue weighted by atomic mass is 10.2. The van der Waals surface area contributed by atoms with E-state index in [-0.39, 0.29) is 17.6 Å². The second kappa shape index (κ2) is 9.04. The van der Waals surface area contributed by atoms with E-state index >= 15 is 0 Å². The molecule has 2 aromatic rings. The Bertz CT molecular complexity index is 885. The van der Waals surface area contributed by atoms with E-state index in [1.54, 1.807) is 34.1 Å². The average Bonchev–Trinajstić information content (AvgIpc) is 2.71. The fraction of sp³-hybridized carbons (Fsp3) is 0.316. The van der Waals surface area contributed by atoms with Crippen LogP contribution in [0.3, 0.4) is 0 Å². The maximum absolute atomic E-state index is 12.6. The van der Waals surface area contributed by atoms with Gasteiger partial charge in [0.1, 0.15) is 0 Å². The summed E-state index contributed by atoms with van der Waals surface area (Å²) in [5.74, 6) is -0.213. The highest BCUT2D eigenvalue weighted by Gasteiger charge is 2.30. The molecule has 0 N–H and O–H groups in total. The third kappa shape index (κ3) is 5.63. The molecule has 1 saturated heterocycles. The van der Waals surface area contributed by atoms with Crippen molar-refractivity contribution in [3.63, 3.8) is 0 Å². The van der Waals surface area contributed by atoms with Gasteiger partial charge < -0.3 is 9.80 Å². The Morgan fingerprint density at radius 3 is 2.34 bits per heavy atom. The number of rotatable bonds is 4. The van der Waals surface area contributed by atoms with Gasteiger partial charge in [-0.3, -0.25) is 9.59 Å². The summed E-state index contributed by atoms with van der Waals surface area (Å²) in [6, 6.07) is 8.90. The van der Waals surface area contributed by atoms with Gasteiger partial charge in [-0.1, -0.05) is 29.4 Å². The lowest BCUT2D eigenvalue weighted by Crippen LogP contribution is -2.51. The Morgan fingerprint density at radius 1 is 1.07 bits per heavy atom. The number of carbonyl (C=O) groups is 2. The second-order valence-electron chi connectivity index (χ2n) is 6.35. The standard InChI is InChI=1S/C19H17ClF3N3O2S/c20-15-3-1-2-13(10-15)18(28)26-8-6-25(7-9-26)17(27)12-29-16-5-4-14(11-24-16)19(21,22)23/h1-5,10-11H,6-9,12H2. The van der Waals surface area contributed by atoms with E-state index in [0.29, 0.717) is 41.8 Å². The number of thioether (sulfide) groups is 1. The molecule has 0 bridgehead atoms. The van der Waals surface area contributed by atoms with Crippen LogP contribution in [0.2, 0.25) is 5.02 Å². The molecule has 1 aromatic heterocycles. The van der Waals surface area contributed by atoms with Crippen LogP contribution in [-0.2, 0) is 11.0 Å². The number of nitrogens with zero attached hydrogens (tertiary/aromatic N) is 3. The Labute approximate surface area is 174 Å². The first-order valence-electron chi connectivity index (χ1n) is 8.73. The van der Waals surface area contributed by atoms with Crippen LogP contribution in [0, 0.1) is 0 Å². The van der Waals surface area contributed by atoms with E-state index in [1.807, 2.05) is 0 Å². The predicted octanol–water partition coefficient (Wildman–Crippen LogP) is 3.83.